The number of allylic oxidation sites excluding steroid dienone is 1. The van der Waals surface area contributed by atoms with Crippen molar-refractivity contribution in [2.75, 3.05) is 5.73 Å². The summed E-state index contributed by atoms with van der Waals surface area (Å²) in [4.78, 5) is 4.22. The zero-order chi connectivity index (χ0) is 14.4. The van der Waals surface area contributed by atoms with Crippen LogP contribution in [0.4, 0.5) is 11.4 Å². The van der Waals surface area contributed by atoms with E-state index in [1.807, 2.05) is 0 Å². The lowest BCUT2D eigenvalue weighted by Crippen LogP contribution is -1.89. The monoisotopic (exact) mass is 269 g/mol. The van der Waals surface area contributed by atoms with Crippen molar-refractivity contribution in [3.8, 4) is 17.2 Å². The molecule has 102 valence electrons. The highest BCUT2D eigenvalue weighted by Gasteiger charge is 2.05. The molecule has 0 aromatic heterocycles. The Morgan fingerprint density at radius 3 is 2.75 bits per heavy atom. The summed E-state index contributed by atoms with van der Waals surface area (Å²) in [5.41, 5.74) is 12.2. The van der Waals surface area contributed by atoms with Gasteiger partial charge in [0.15, 0.2) is 5.75 Å². The van der Waals surface area contributed by atoms with Crippen molar-refractivity contribution in [3.05, 3.63) is 54.7 Å². The first-order valence-corrected chi connectivity index (χ1v) is 5.96. The van der Waals surface area contributed by atoms with Crippen molar-refractivity contribution in [3.63, 3.8) is 0 Å². The van der Waals surface area contributed by atoms with Gasteiger partial charge in [0.25, 0.3) is 0 Å². The van der Waals surface area contributed by atoms with Crippen LogP contribution in [0.3, 0.4) is 0 Å². The maximum atomic E-state index is 9.43. The Labute approximate surface area is 116 Å². The third-order valence-electron chi connectivity index (χ3n) is 2.44. The standard InChI is InChI=1S/C15H15N3O2/c16-7-2-8-18-14-6-5-11(17)9-15(14)20-13-4-1-3-12(19)10-13/h1-10,19H,16-17H2/b7-2-,18-8?. The van der Waals surface area contributed by atoms with E-state index >= 15 is 0 Å². The van der Waals surface area contributed by atoms with Crippen molar-refractivity contribution in [2.24, 2.45) is 10.7 Å². The first-order valence-electron chi connectivity index (χ1n) is 5.96. The van der Waals surface area contributed by atoms with Crippen LogP contribution in [0.25, 0.3) is 0 Å². The van der Waals surface area contributed by atoms with Crippen molar-refractivity contribution in [1.82, 2.24) is 0 Å². The van der Waals surface area contributed by atoms with E-state index in [2.05, 4.69) is 4.99 Å². The third kappa shape index (κ3) is 3.52. The predicted molar refractivity (Wildman–Crippen MR) is 80.5 cm³/mol. The fraction of sp³-hybridized carbons (Fsp3) is 0. The van der Waals surface area contributed by atoms with Gasteiger partial charge < -0.3 is 21.3 Å². The number of anilines is 1. The van der Waals surface area contributed by atoms with Gasteiger partial charge in [-0.15, -0.1) is 0 Å². The molecule has 0 aliphatic carbocycles. The molecular weight excluding hydrogens is 254 g/mol. The number of aromatic hydroxyl groups is 1. The van der Waals surface area contributed by atoms with Crippen LogP contribution in [-0.4, -0.2) is 11.3 Å². The Bertz CT molecular complexity index is 651. The minimum atomic E-state index is 0.127. The van der Waals surface area contributed by atoms with Crippen molar-refractivity contribution >= 4 is 17.6 Å². The normalized spacial score (nSPS) is 11.2. The molecule has 0 spiro atoms. The summed E-state index contributed by atoms with van der Waals surface area (Å²) >= 11 is 0. The van der Waals surface area contributed by atoms with Gasteiger partial charge in [0.1, 0.15) is 17.2 Å². The molecule has 0 fully saturated rings. The topological polar surface area (TPSA) is 93.9 Å². The molecule has 0 radical (unpaired) electrons. The quantitative estimate of drug-likeness (QED) is 0.587. The second kappa shape index (κ2) is 6.29. The van der Waals surface area contributed by atoms with Gasteiger partial charge in [0.2, 0.25) is 0 Å². The van der Waals surface area contributed by atoms with Gasteiger partial charge in [-0.3, -0.25) is 4.99 Å². The number of rotatable bonds is 4. The summed E-state index contributed by atoms with van der Waals surface area (Å²) in [5.74, 6) is 1.13. The number of nitrogens with two attached hydrogens (primary N) is 2. The van der Waals surface area contributed by atoms with Gasteiger partial charge in [-0.2, -0.15) is 0 Å². The molecule has 20 heavy (non-hydrogen) atoms. The number of benzene rings is 2. The Balaban J connectivity index is 2.32. The molecule has 2 rings (SSSR count). The highest BCUT2D eigenvalue weighted by Crippen LogP contribution is 2.34. The summed E-state index contributed by atoms with van der Waals surface area (Å²) < 4.78 is 5.69. The van der Waals surface area contributed by atoms with Crippen molar-refractivity contribution < 1.29 is 9.84 Å². The zero-order valence-electron chi connectivity index (χ0n) is 10.7. The third-order valence-corrected chi connectivity index (χ3v) is 2.44. The lowest BCUT2D eigenvalue weighted by atomic mass is 10.2. The molecule has 2 aromatic rings. The summed E-state index contributed by atoms with van der Waals surface area (Å²) in [6.07, 6.45) is 4.55. The Morgan fingerprint density at radius 1 is 1.15 bits per heavy atom. The van der Waals surface area contributed by atoms with Gasteiger partial charge in [0, 0.05) is 24.0 Å². The maximum absolute atomic E-state index is 9.43. The van der Waals surface area contributed by atoms with Crippen LogP contribution >= 0.6 is 0 Å². The van der Waals surface area contributed by atoms with E-state index in [-0.39, 0.29) is 5.75 Å². The smallest absolute Gasteiger partial charge is 0.155 e. The number of nitrogens with zero attached hydrogens (tertiary/aromatic N) is 1. The van der Waals surface area contributed by atoms with E-state index in [1.54, 1.807) is 48.7 Å². The van der Waals surface area contributed by atoms with Gasteiger partial charge >= 0.3 is 0 Å². The lowest BCUT2D eigenvalue weighted by Gasteiger charge is -2.09. The average molecular weight is 269 g/mol. The van der Waals surface area contributed by atoms with Crippen LogP contribution < -0.4 is 16.2 Å². The molecule has 5 nitrogen and oxygen atoms in total. The predicted octanol–water partition coefficient (Wildman–Crippen LogP) is 2.94. The number of phenols is 1. The molecule has 2 aromatic carbocycles. The lowest BCUT2D eigenvalue weighted by molar-refractivity contribution is 0.456. The Hall–Kier alpha value is -2.95. The highest BCUT2D eigenvalue weighted by molar-refractivity contribution is 5.76. The molecule has 0 atom stereocenters. The number of aliphatic imine (C=N–C) groups is 1. The zero-order valence-corrected chi connectivity index (χ0v) is 10.7. The number of nitrogen functional groups attached to an aromatic ring is 1. The van der Waals surface area contributed by atoms with Crippen LogP contribution in [0, 0.1) is 0 Å². The maximum Gasteiger partial charge on any atom is 0.155 e. The summed E-state index contributed by atoms with van der Waals surface area (Å²) in [5, 5.41) is 9.43. The van der Waals surface area contributed by atoms with Gasteiger partial charge in [-0.25, -0.2) is 0 Å². The van der Waals surface area contributed by atoms with Gasteiger partial charge in [0.05, 0.1) is 0 Å². The molecule has 0 aliphatic heterocycles. The van der Waals surface area contributed by atoms with Crippen LogP contribution in [0.15, 0.2) is 59.7 Å². The summed E-state index contributed by atoms with van der Waals surface area (Å²) in [7, 11) is 0. The Morgan fingerprint density at radius 2 is 2.00 bits per heavy atom. The SMILES string of the molecule is N/C=C\C=Nc1ccc(N)cc1Oc1cccc(O)c1. The van der Waals surface area contributed by atoms with E-state index in [1.165, 1.54) is 12.3 Å². The molecule has 0 saturated heterocycles. The molecule has 5 heteroatoms. The average Bonchev–Trinajstić information content (AvgIpc) is 2.41. The summed E-state index contributed by atoms with van der Waals surface area (Å²) in [6, 6.07) is 11.6. The minimum Gasteiger partial charge on any atom is -0.508 e. The molecule has 0 amide bonds. The van der Waals surface area contributed by atoms with E-state index in [4.69, 9.17) is 16.2 Å². The van der Waals surface area contributed by atoms with Crippen molar-refractivity contribution in [2.45, 2.75) is 0 Å². The second-order valence-corrected chi connectivity index (χ2v) is 3.99. The number of hydrogen-bond acceptors (Lipinski definition) is 5. The largest absolute Gasteiger partial charge is 0.508 e. The van der Waals surface area contributed by atoms with E-state index in [9.17, 15) is 5.11 Å². The number of ether oxygens (including phenoxy) is 1. The van der Waals surface area contributed by atoms with E-state index in [0.717, 1.165) is 0 Å². The van der Waals surface area contributed by atoms with Gasteiger partial charge in [-0.05, 0) is 36.5 Å². The van der Waals surface area contributed by atoms with Crippen LogP contribution in [0.1, 0.15) is 0 Å². The van der Waals surface area contributed by atoms with Gasteiger partial charge in [-0.1, -0.05) is 6.07 Å². The first kappa shape index (κ1) is 13.5. The molecule has 0 heterocycles. The van der Waals surface area contributed by atoms with E-state index in [0.29, 0.717) is 22.9 Å². The van der Waals surface area contributed by atoms with Crippen LogP contribution in [0.5, 0.6) is 17.2 Å². The minimum absolute atomic E-state index is 0.127. The van der Waals surface area contributed by atoms with Crippen LogP contribution in [0.2, 0.25) is 0 Å². The number of hydrogen-bond donors (Lipinski definition) is 3. The fourth-order valence-corrected chi connectivity index (χ4v) is 1.57. The fourth-order valence-electron chi connectivity index (χ4n) is 1.57. The summed E-state index contributed by atoms with van der Waals surface area (Å²) in [6.45, 7) is 0. The Kier molecular flexibility index (Phi) is 4.24. The molecule has 0 bridgehead atoms. The number of phenolic OH excluding ortho intramolecular Hbond substituents is 1. The van der Waals surface area contributed by atoms with E-state index < -0.39 is 0 Å². The van der Waals surface area contributed by atoms with Crippen molar-refractivity contribution in [1.29, 1.82) is 0 Å². The first-order chi connectivity index (χ1) is 9.69. The molecule has 5 N–H and O–H groups in total. The molecule has 0 unspecified atom stereocenters. The van der Waals surface area contributed by atoms with Crippen LogP contribution in [-0.2, 0) is 0 Å². The molecule has 0 aliphatic rings. The molecular formula is C15H15N3O2. The highest BCUT2D eigenvalue weighted by atomic mass is 16.5. The second-order valence-electron chi connectivity index (χ2n) is 3.99. The molecule has 0 saturated carbocycles.